The fraction of sp³-hybridized carbons (Fsp3) is 0.474. The van der Waals surface area contributed by atoms with Gasteiger partial charge in [-0.25, -0.2) is 4.98 Å². The minimum Gasteiger partial charge on any atom is -0.350 e. The van der Waals surface area contributed by atoms with Crippen molar-refractivity contribution < 1.29 is 4.79 Å². The summed E-state index contributed by atoms with van der Waals surface area (Å²) in [6.45, 7) is 6.71. The van der Waals surface area contributed by atoms with E-state index in [0.717, 1.165) is 43.9 Å². The van der Waals surface area contributed by atoms with E-state index < -0.39 is 0 Å². The molecule has 0 saturated carbocycles. The number of aromatic nitrogens is 2. The lowest BCUT2D eigenvalue weighted by Crippen LogP contribution is -2.47. The monoisotopic (exact) mass is 326 g/mol. The highest BCUT2D eigenvalue weighted by molar-refractivity contribution is 5.83. The van der Waals surface area contributed by atoms with Crippen LogP contribution in [0.15, 0.2) is 42.7 Å². The Morgan fingerprint density at radius 3 is 2.79 bits per heavy atom. The number of carbonyl (C=O) groups excluding carboxylic acids is 1. The molecule has 1 amide bonds. The SMILES string of the molecule is CCN(CC)[C@@H](C(=O)N[C@H]1CCc2nccn2C1)c1ccccc1. The topological polar surface area (TPSA) is 50.2 Å². The molecule has 0 radical (unpaired) electrons. The lowest BCUT2D eigenvalue weighted by molar-refractivity contribution is -0.127. The Hall–Kier alpha value is -2.14. The molecule has 0 spiro atoms. The summed E-state index contributed by atoms with van der Waals surface area (Å²) in [4.78, 5) is 19.6. The van der Waals surface area contributed by atoms with Crippen molar-refractivity contribution in [3.05, 3.63) is 54.1 Å². The van der Waals surface area contributed by atoms with Gasteiger partial charge in [-0.15, -0.1) is 0 Å². The molecule has 0 unspecified atom stereocenters. The maximum absolute atomic E-state index is 13.0. The van der Waals surface area contributed by atoms with Crippen molar-refractivity contribution >= 4 is 5.91 Å². The zero-order valence-electron chi connectivity index (χ0n) is 14.5. The number of benzene rings is 1. The molecule has 1 aromatic carbocycles. The molecule has 0 fully saturated rings. The summed E-state index contributed by atoms with van der Waals surface area (Å²) in [6, 6.07) is 10.00. The van der Waals surface area contributed by atoms with Gasteiger partial charge in [-0.3, -0.25) is 9.69 Å². The van der Waals surface area contributed by atoms with Crippen LogP contribution in [-0.4, -0.2) is 39.5 Å². The number of carbonyl (C=O) groups is 1. The van der Waals surface area contributed by atoms with Crippen molar-refractivity contribution in [1.82, 2.24) is 19.8 Å². The van der Waals surface area contributed by atoms with Crippen molar-refractivity contribution in [2.75, 3.05) is 13.1 Å². The Balaban J connectivity index is 1.74. The van der Waals surface area contributed by atoms with Gasteiger partial charge in [-0.2, -0.15) is 0 Å². The molecule has 0 saturated heterocycles. The first-order valence-corrected chi connectivity index (χ1v) is 8.82. The Labute approximate surface area is 143 Å². The van der Waals surface area contributed by atoms with Gasteiger partial charge in [0.1, 0.15) is 11.9 Å². The number of fused-ring (bicyclic) bond motifs is 1. The van der Waals surface area contributed by atoms with E-state index in [1.807, 2.05) is 42.7 Å². The summed E-state index contributed by atoms with van der Waals surface area (Å²) in [5.74, 6) is 1.21. The number of hydrogen-bond donors (Lipinski definition) is 1. The van der Waals surface area contributed by atoms with Crippen LogP contribution in [0.25, 0.3) is 0 Å². The zero-order valence-corrected chi connectivity index (χ0v) is 14.5. The average Bonchev–Trinajstić information content (AvgIpc) is 3.07. The number of nitrogens with one attached hydrogen (secondary N) is 1. The lowest BCUT2D eigenvalue weighted by atomic mass is 10.0. The predicted octanol–water partition coefficient (Wildman–Crippen LogP) is 2.40. The number of nitrogens with zero attached hydrogens (tertiary/aromatic N) is 3. The number of aryl methyl sites for hydroxylation is 1. The average molecular weight is 326 g/mol. The van der Waals surface area contributed by atoms with Crippen molar-refractivity contribution in [2.45, 2.75) is 45.3 Å². The molecular formula is C19H26N4O. The summed E-state index contributed by atoms with van der Waals surface area (Å²) >= 11 is 0. The van der Waals surface area contributed by atoms with Crippen LogP contribution in [0.3, 0.4) is 0 Å². The molecule has 1 aliphatic heterocycles. The highest BCUT2D eigenvalue weighted by atomic mass is 16.2. The molecule has 0 aliphatic carbocycles. The van der Waals surface area contributed by atoms with Gasteiger partial charge in [0, 0.05) is 31.4 Å². The third kappa shape index (κ3) is 3.51. The third-order valence-electron chi connectivity index (χ3n) is 4.82. The maximum Gasteiger partial charge on any atom is 0.242 e. The van der Waals surface area contributed by atoms with Crippen LogP contribution in [0.1, 0.15) is 37.7 Å². The van der Waals surface area contributed by atoms with E-state index in [2.05, 4.69) is 33.6 Å². The molecule has 24 heavy (non-hydrogen) atoms. The summed E-state index contributed by atoms with van der Waals surface area (Å²) < 4.78 is 2.14. The molecule has 1 aliphatic rings. The predicted molar refractivity (Wildman–Crippen MR) is 94.6 cm³/mol. The minimum absolute atomic E-state index is 0.0958. The largest absolute Gasteiger partial charge is 0.350 e. The van der Waals surface area contributed by atoms with E-state index in [-0.39, 0.29) is 18.0 Å². The zero-order chi connectivity index (χ0) is 16.9. The highest BCUT2D eigenvalue weighted by Gasteiger charge is 2.28. The first-order valence-electron chi connectivity index (χ1n) is 8.82. The van der Waals surface area contributed by atoms with E-state index in [0.29, 0.717) is 0 Å². The summed E-state index contributed by atoms with van der Waals surface area (Å²) in [5, 5.41) is 3.27. The van der Waals surface area contributed by atoms with Crippen LogP contribution in [0, 0.1) is 0 Å². The molecule has 1 aromatic heterocycles. The van der Waals surface area contributed by atoms with E-state index in [9.17, 15) is 4.79 Å². The van der Waals surface area contributed by atoms with E-state index in [1.54, 1.807) is 0 Å². The number of imidazole rings is 1. The van der Waals surface area contributed by atoms with Gasteiger partial charge < -0.3 is 9.88 Å². The van der Waals surface area contributed by atoms with Gasteiger partial charge in [-0.1, -0.05) is 44.2 Å². The quantitative estimate of drug-likeness (QED) is 0.887. The van der Waals surface area contributed by atoms with Crippen molar-refractivity contribution in [3.8, 4) is 0 Å². The second-order valence-electron chi connectivity index (χ2n) is 6.27. The lowest BCUT2D eigenvalue weighted by Gasteiger charge is -2.32. The molecule has 5 heteroatoms. The van der Waals surface area contributed by atoms with Gasteiger partial charge >= 0.3 is 0 Å². The number of amides is 1. The summed E-state index contributed by atoms with van der Waals surface area (Å²) in [7, 11) is 0. The second-order valence-corrected chi connectivity index (χ2v) is 6.27. The standard InChI is InChI=1S/C19H26N4O/c1-3-22(4-2)18(15-8-6-5-7-9-15)19(24)21-16-10-11-17-20-12-13-23(17)14-16/h5-9,12-13,16,18H,3-4,10-11,14H2,1-2H3,(H,21,24)/t16-,18+/m0/s1. The fourth-order valence-corrected chi connectivity index (χ4v) is 3.52. The van der Waals surface area contributed by atoms with Crippen molar-refractivity contribution in [2.24, 2.45) is 0 Å². The molecule has 5 nitrogen and oxygen atoms in total. The smallest absolute Gasteiger partial charge is 0.242 e. The van der Waals surface area contributed by atoms with Crippen molar-refractivity contribution in [3.63, 3.8) is 0 Å². The maximum atomic E-state index is 13.0. The van der Waals surface area contributed by atoms with Gasteiger partial charge in [-0.05, 0) is 25.1 Å². The number of hydrogen-bond acceptors (Lipinski definition) is 3. The molecule has 128 valence electrons. The third-order valence-corrected chi connectivity index (χ3v) is 4.82. The van der Waals surface area contributed by atoms with Gasteiger partial charge in [0.15, 0.2) is 0 Å². The Bertz CT molecular complexity index is 663. The Kier molecular flexibility index (Phi) is 5.30. The molecular weight excluding hydrogens is 300 g/mol. The normalized spacial score (nSPS) is 18.2. The summed E-state index contributed by atoms with van der Waals surface area (Å²) in [6.07, 6.45) is 5.69. The molecule has 2 heterocycles. The molecule has 2 aromatic rings. The van der Waals surface area contributed by atoms with Gasteiger partial charge in [0.25, 0.3) is 0 Å². The first-order chi connectivity index (χ1) is 11.7. The van der Waals surface area contributed by atoms with Crippen LogP contribution in [0.4, 0.5) is 0 Å². The Morgan fingerprint density at radius 1 is 1.33 bits per heavy atom. The van der Waals surface area contributed by atoms with Crippen LogP contribution < -0.4 is 5.32 Å². The molecule has 0 bridgehead atoms. The van der Waals surface area contributed by atoms with E-state index in [1.165, 1.54) is 0 Å². The summed E-state index contributed by atoms with van der Waals surface area (Å²) in [5.41, 5.74) is 1.05. The fourth-order valence-electron chi connectivity index (χ4n) is 3.52. The highest BCUT2D eigenvalue weighted by Crippen LogP contribution is 2.22. The van der Waals surface area contributed by atoms with Crippen LogP contribution in [0.5, 0.6) is 0 Å². The van der Waals surface area contributed by atoms with E-state index >= 15 is 0 Å². The van der Waals surface area contributed by atoms with Gasteiger partial charge in [0.2, 0.25) is 5.91 Å². The second kappa shape index (κ2) is 7.62. The number of likely N-dealkylation sites (N-methyl/N-ethyl adjacent to an activating group) is 1. The molecule has 1 N–H and O–H groups in total. The van der Waals surface area contributed by atoms with Crippen LogP contribution >= 0.6 is 0 Å². The minimum atomic E-state index is -0.231. The molecule has 2 atom stereocenters. The van der Waals surface area contributed by atoms with Crippen LogP contribution in [-0.2, 0) is 17.8 Å². The molecule has 3 rings (SSSR count). The van der Waals surface area contributed by atoms with Gasteiger partial charge in [0.05, 0.1) is 0 Å². The first kappa shape index (κ1) is 16.7. The van der Waals surface area contributed by atoms with E-state index in [4.69, 9.17) is 0 Å². The Morgan fingerprint density at radius 2 is 2.08 bits per heavy atom. The number of rotatable bonds is 6. The van der Waals surface area contributed by atoms with Crippen LogP contribution in [0.2, 0.25) is 0 Å². The van der Waals surface area contributed by atoms with Crippen molar-refractivity contribution in [1.29, 1.82) is 0 Å².